The van der Waals surface area contributed by atoms with Crippen molar-refractivity contribution in [3.05, 3.63) is 12.4 Å². The van der Waals surface area contributed by atoms with Gasteiger partial charge < -0.3 is 10.4 Å². The highest BCUT2D eigenvalue weighted by molar-refractivity contribution is 7.89. The van der Waals surface area contributed by atoms with Crippen molar-refractivity contribution in [2.75, 3.05) is 0 Å². The summed E-state index contributed by atoms with van der Waals surface area (Å²) in [5, 5.41) is 15.3. The van der Waals surface area contributed by atoms with Gasteiger partial charge in [0, 0.05) is 13.2 Å². The van der Waals surface area contributed by atoms with Crippen LogP contribution in [0.4, 0.5) is 0 Å². The summed E-state index contributed by atoms with van der Waals surface area (Å²) in [4.78, 5) is 23.2. The van der Waals surface area contributed by atoms with Crippen LogP contribution in [0.3, 0.4) is 0 Å². The van der Waals surface area contributed by atoms with Crippen molar-refractivity contribution in [3.63, 3.8) is 0 Å². The van der Waals surface area contributed by atoms with E-state index in [0.29, 0.717) is 6.42 Å². The Labute approximate surface area is 135 Å². The zero-order valence-electron chi connectivity index (χ0n) is 13.5. The third-order valence-corrected chi connectivity index (χ3v) is 4.99. The van der Waals surface area contributed by atoms with Crippen LogP contribution < -0.4 is 10.0 Å². The molecule has 0 aliphatic rings. The molecule has 9 nitrogen and oxygen atoms in total. The second kappa shape index (κ2) is 7.55. The van der Waals surface area contributed by atoms with E-state index in [1.165, 1.54) is 17.8 Å². The van der Waals surface area contributed by atoms with Crippen LogP contribution in [0, 0.1) is 5.92 Å². The first-order valence-corrected chi connectivity index (χ1v) is 8.61. The molecule has 130 valence electrons. The molecule has 1 amide bonds. The van der Waals surface area contributed by atoms with Crippen molar-refractivity contribution in [2.24, 2.45) is 13.0 Å². The van der Waals surface area contributed by atoms with E-state index in [4.69, 9.17) is 5.11 Å². The lowest BCUT2D eigenvalue weighted by molar-refractivity contribution is -0.143. The molecule has 0 bridgehead atoms. The number of hydrogen-bond donors (Lipinski definition) is 3. The van der Waals surface area contributed by atoms with Gasteiger partial charge >= 0.3 is 5.97 Å². The Bertz CT molecular complexity index is 670. The van der Waals surface area contributed by atoms with E-state index in [0.717, 1.165) is 6.20 Å². The van der Waals surface area contributed by atoms with Crippen molar-refractivity contribution < 1.29 is 23.1 Å². The van der Waals surface area contributed by atoms with Crippen LogP contribution in [0.5, 0.6) is 0 Å². The van der Waals surface area contributed by atoms with Gasteiger partial charge in [-0.15, -0.1) is 0 Å². The summed E-state index contributed by atoms with van der Waals surface area (Å²) < 4.78 is 27.7. The lowest BCUT2D eigenvalue weighted by Crippen LogP contribution is -2.52. The molecule has 0 aliphatic carbocycles. The van der Waals surface area contributed by atoms with Gasteiger partial charge in [-0.25, -0.2) is 13.2 Å². The molecular weight excluding hydrogens is 324 g/mol. The SMILES string of the molecule is CC[C@H](C)[C@H](NC(=O)C(C)NS(=O)(=O)c1cnn(C)c1)C(=O)O. The maximum atomic E-state index is 12.1. The molecule has 10 heteroatoms. The molecule has 1 unspecified atom stereocenters. The Balaban J connectivity index is 2.78. The Hall–Kier alpha value is -1.94. The minimum atomic E-state index is -3.91. The van der Waals surface area contributed by atoms with E-state index in [9.17, 15) is 18.0 Å². The second-order valence-electron chi connectivity index (χ2n) is 5.40. The molecule has 0 saturated carbocycles. The molecule has 1 aromatic heterocycles. The number of nitrogens with zero attached hydrogens (tertiary/aromatic N) is 2. The maximum absolute atomic E-state index is 12.1. The lowest BCUT2D eigenvalue weighted by atomic mass is 9.99. The van der Waals surface area contributed by atoms with E-state index < -0.39 is 34.0 Å². The number of aromatic nitrogens is 2. The number of amides is 1. The average molecular weight is 346 g/mol. The number of nitrogens with one attached hydrogen (secondary N) is 2. The average Bonchev–Trinajstić information content (AvgIpc) is 2.90. The normalized spacial score (nSPS) is 15.7. The van der Waals surface area contributed by atoms with Crippen LogP contribution >= 0.6 is 0 Å². The van der Waals surface area contributed by atoms with Gasteiger partial charge in [0.15, 0.2) is 0 Å². The summed E-state index contributed by atoms with van der Waals surface area (Å²) in [6, 6.07) is -2.19. The standard InChI is InChI=1S/C13H22N4O5S/c1-5-8(2)11(13(19)20)15-12(18)9(3)16-23(21,22)10-6-14-17(4)7-10/h6-9,11,16H,5H2,1-4H3,(H,15,18)(H,19,20)/t8-,9?,11-/m0/s1. The number of sulfonamides is 1. The Morgan fingerprint density at radius 2 is 2.00 bits per heavy atom. The molecule has 0 fully saturated rings. The third-order valence-electron chi connectivity index (χ3n) is 3.49. The zero-order chi connectivity index (χ0) is 17.8. The molecule has 1 aromatic rings. The number of aryl methyl sites for hydroxylation is 1. The van der Waals surface area contributed by atoms with Gasteiger partial charge in [-0.1, -0.05) is 20.3 Å². The van der Waals surface area contributed by atoms with E-state index in [1.54, 1.807) is 20.9 Å². The number of aliphatic carboxylic acids is 1. The fraction of sp³-hybridized carbons (Fsp3) is 0.615. The van der Waals surface area contributed by atoms with Crippen molar-refractivity contribution in [1.29, 1.82) is 0 Å². The third kappa shape index (κ3) is 5.03. The summed E-state index contributed by atoms with van der Waals surface area (Å²) in [5.74, 6) is -2.14. The van der Waals surface area contributed by atoms with E-state index in [-0.39, 0.29) is 10.8 Å². The largest absolute Gasteiger partial charge is 0.480 e. The highest BCUT2D eigenvalue weighted by Gasteiger charge is 2.29. The number of rotatable bonds is 8. The number of carbonyl (C=O) groups is 2. The van der Waals surface area contributed by atoms with Gasteiger partial charge in [-0.05, 0) is 12.8 Å². The van der Waals surface area contributed by atoms with Crippen LogP contribution in [0.2, 0.25) is 0 Å². The fourth-order valence-electron chi connectivity index (χ4n) is 1.85. The number of carbonyl (C=O) groups excluding carboxylic acids is 1. The minimum Gasteiger partial charge on any atom is -0.480 e. The molecule has 23 heavy (non-hydrogen) atoms. The van der Waals surface area contributed by atoms with Crippen LogP contribution in [-0.2, 0) is 26.7 Å². The minimum absolute atomic E-state index is 0.0728. The van der Waals surface area contributed by atoms with Crippen molar-refractivity contribution >= 4 is 21.9 Å². The predicted octanol–water partition coefficient (Wildman–Crippen LogP) is -0.298. The van der Waals surface area contributed by atoms with Crippen molar-refractivity contribution in [3.8, 4) is 0 Å². The summed E-state index contributed by atoms with van der Waals surface area (Å²) >= 11 is 0. The van der Waals surface area contributed by atoms with E-state index in [1.807, 2.05) is 0 Å². The Morgan fingerprint density at radius 3 is 2.43 bits per heavy atom. The Morgan fingerprint density at radius 1 is 1.39 bits per heavy atom. The first kappa shape index (κ1) is 19.1. The van der Waals surface area contributed by atoms with Crippen molar-refractivity contribution in [2.45, 2.75) is 44.2 Å². The molecule has 1 rings (SSSR count). The first-order valence-electron chi connectivity index (χ1n) is 7.12. The van der Waals surface area contributed by atoms with E-state index >= 15 is 0 Å². The van der Waals surface area contributed by atoms with Gasteiger partial charge in [0.2, 0.25) is 15.9 Å². The highest BCUT2D eigenvalue weighted by atomic mass is 32.2. The van der Waals surface area contributed by atoms with Gasteiger partial charge in [-0.3, -0.25) is 9.48 Å². The van der Waals surface area contributed by atoms with Crippen LogP contribution in [-0.4, -0.2) is 47.3 Å². The van der Waals surface area contributed by atoms with Crippen LogP contribution in [0.1, 0.15) is 27.2 Å². The van der Waals surface area contributed by atoms with Gasteiger partial charge in [0.05, 0.1) is 12.2 Å². The molecule has 0 saturated heterocycles. The molecule has 3 N–H and O–H groups in total. The number of carboxylic acids is 1. The first-order chi connectivity index (χ1) is 10.6. The zero-order valence-corrected chi connectivity index (χ0v) is 14.3. The van der Waals surface area contributed by atoms with E-state index in [2.05, 4.69) is 15.1 Å². The summed E-state index contributed by atoms with van der Waals surface area (Å²) in [6.07, 6.45) is 3.02. The summed E-state index contributed by atoms with van der Waals surface area (Å²) in [7, 11) is -2.34. The highest BCUT2D eigenvalue weighted by Crippen LogP contribution is 2.10. The van der Waals surface area contributed by atoms with Crippen LogP contribution in [0.25, 0.3) is 0 Å². The molecular formula is C13H22N4O5S. The van der Waals surface area contributed by atoms with Gasteiger partial charge in [-0.2, -0.15) is 9.82 Å². The smallest absolute Gasteiger partial charge is 0.326 e. The molecule has 3 atom stereocenters. The molecule has 0 radical (unpaired) electrons. The lowest BCUT2D eigenvalue weighted by Gasteiger charge is -2.22. The number of carboxylic acid groups (broad SMARTS) is 1. The molecule has 1 heterocycles. The number of hydrogen-bond acceptors (Lipinski definition) is 5. The van der Waals surface area contributed by atoms with Gasteiger partial charge in [0.1, 0.15) is 10.9 Å². The summed E-state index contributed by atoms with van der Waals surface area (Å²) in [5.41, 5.74) is 0. The van der Waals surface area contributed by atoms with Crippen molar-refractivity contribution in [1.82, 2.24) is 19.8 Å². The molecule has 0 spiro atoms. The monoisotopic (exact) mass is 346 g/mol. The molecule has 0 aliphatic heterocycles. The quantitative estimate of drug-likeness (QED) is 0.592. The fourth-order valence-corrected chi connectivity index (χ4v) is 3.04. The topological polar surface area (TPSA) is 130 Å². The maximum Gasteiger partial charge on any atom is 0.326 e. The Kier molecular flexibility index (Phi) is 6.28. The van der Waals surface area contributed by atoms with Gasteiger partial charge in [0.25, 0.3) is 0 Å². The second-order valence-corrected chi connectivity index (χ2v) is 7.12. The predicted molar refractivity (Wildman–Crippen MR) is 82.0 cm³/mol. The van der Waals surface area contributed by atoms with Crippen LogP contribution in [0.15, 0.2) is 17.3 Å². The summed E-state index contributed by atoms with van der Waals surface area (Å²) in [6.45, 7) is 4.85. The molecule has 0 aromatic carbocycles.